The fourth-order valence-electron chi connectivity index (χ4n) is 4.27. The molecule has 0 unspecified atom stereocenters. The standard InChI is InChI=1S/C24H21NO3/c26-18-11-9-16(10-12-18)17-13-25(14-17)24(27)28-15-23-21-7-3-1-5-19(21)20-6-2-4-8-22(20)23/h1-12,17,23,26H,13-15H2. The van der Waals surface area contributed by atoms with Gasteiger partial charge in [-0.1, -0.05) is 60.7 Å². The highest BCUT2D eigenvalue weighted by Gasteiger charge is 2.34. The van der Waals surface area contributed by atoms with Gasteiger partial charge in [-0.2, -0.15) is 0 Å². The van der Waals surface area contributed by atoms with Gasteiger partial charge < -0.3 is 14.7 Å². The minimum atomic E-state index is -0.253. The molecule has 1 aliphatic heterocycles. The van der Waals surface area contributed by atoms with E-state index in [2.05, 4.69) is 24.3 Å². The van der Waals surface area contributed by atoms with Crippen LogP contribution < -0.4 is 0 Å². The number of likely N-dealkylation sites (tertiary alicyclic amines) is 1. The zero-order valence-electron chi connectivity index (χ0n) is 15.4. The van der Waals surface area contributed by atoms with Crippen molar-refractivity contribution >= 4 is 6.09 Å². The third kappa shape index (κ3) is 2.82. The first kappa shape index (κ1) is 16.9. The summed E-state index contributed by atoms with van der Waals surface area (Å²) in [6, 6.07) is 23.9. The molecule has 2 aliphatic rings. The number of aromatic hydroxyl groups is 1. The van der Waals surface area contributed by atoms with Crippen LogP contribution >= 0.6 is 0 Å². The van der Waals surface area contributed by atoms with Crippen LogP contribution in [0.5, 0.6) is 5.75 Å². The second-order valence-corrected chi connectivity index (χ2v) is 7.50. The molecule has 0 spiro atoms. The molecule has 0 saturated carbocycles. The number of phenolic OH excluding ortho intramolecular Hbond substituents is 1. The Morgan fingerprint density at radius 2 is 1.46 bits per heavy atom. The molecule has 140 valence electrons. The minimum absolute atomic E-state index is 0.0884. The van der Waals surface area contributed by atoms with E-state index < -0.39 is 0 Å². The molecule has 1 saturated heterocycles. The lowest BCUT2D eigenvalue weighted by molar-refractivity contribution is 0.0695. The number of hydrogen-bond donors (Lipinski definition) is 1. The van der Waals surface area contributed by atoms with E-state index in [9.17, 15) is 9.90 Å². The molecule has 0 bridgehead atoms. The summed E-state index contributed by atoms with van der Waals surface area (Å²) >= 11 is 0. The predicted octanol–water partition coefficient (Wildman–Crippen LogP) is 4.74. The molecular formula is C24H21NO3. The van der Waals surface area contributed by atoms with Crippen LogP contribution in [0.25, 0.3) is 11.1 Å². The highest BCUT2D eigenvalue weighted by Crippen LogP contribution is 2.44. The van der Waals surface area contributed by atoms with Crippen molar-refractivity contribution < 1.29 is 14.6 Å². The number of amides is 1. The molecule has 0 atom stereocenters. The number of nitrogens with zero attached hydrogens (tertiary/aromatic N) is 1. The normalized spacial score (nSPS) is 15.6. The zero-order chi connectivity index (χ0) is 19.1. The van der Waals surface area contributed by atoms with E-state index >= 15 is 0 Å². The Morgan fingerprint density at radius 1 is 0.893 bits per heavy atom. The molecule has 1 heterocycles. The molecule has 1 aliphatic carbocycles. The summed E-state index contributed by atoms with van der Waals surface area (Å²) in [6.07, 6.45) is -0.253. The van der Waals surface area contributed by atoms with Gasteiger partial charge in [0.1, 0.15) is 12.4 Å². The summed E-state index contributed by atoms with van der Waals surface area (Å²) in [4.78, 5) is 14.2. The number of phenols is 1. The molecule has 3 aromatic rings. The number of benzene rings is 3. The topological polar surface area (TPSA) is 49.8 Å². The Hall–Kier alpha value is -3.27. The van der Waals surface area contributed by atoms with Crippen LogP contribution in [0.2, 0.25) is 0 Å². The van der Waals surface area contributed by atoms with Gasteiger partial charge in [-0.05, 0) is 39.9 Å². The summed E-state index contributed by atoms with van der Waals surface area (Å²) in [5.74, 6) is 0.656. The summed E-state index contributed by atoms with van der Waals surface area (Å²) in [5, 5.41) is 9.40. The van der Waals surface area contributed by atoms with Crippen LogP contribution in [0.3, 0.4) is 0 Å². The molecule has 1 amide bonds. The van der Waals surface area contributed by atoms with Gasteiger partial charge in [-0.3, -0.25) is 0 Å². The maximum atomic E-state index is 12.5. The summed E-state index contributed by atoms with van der Waals surface area (Å²) in [5.41, 5.74) is 6.05. The van der Waals surface area contributed by atoms with E-state index in [1.807, 2.05) is 36.4 Å². The van der Waals surface area contributed by atoms with Crippen LogP contribution in [0, 0.1) is 0 Å². The highest BCUT2D eigenvalue weighted by atomic mass is 16.6. The van der Waals surface area contributed by atoms with Gasteiger partial charge in [0, 0.05) is 24.9 Å². The molecular weight excluding hydrogens is 350 g/mol. The smallest absolute Gasteiger partial charge is 0.409 e. The Balaban J connectivity index is 1.24. The Morgan fingerprint density at radius 3 is 2.07 bits per heavy atom. The second kappa shape index (κ2) is 6.71. The summed E-state index contributed by atoms with van der Waals surface area (Å²) in [7, 11) is 0. The Labute approximate surface area is 164 Å². The Bertz CT molecular complexity index is 977. The first-order valence-corrected chi connectivity index (χ1v) is 9.59. The maximum Gasteiger partial charge on any atom is 0.409 e. The van der Waals surface area contributed by atoms with Gasteiger partial charge in [-0.15, -0.1) is 0 Å². The van der Waals surface area contributed by atoms with E-state index in [4.69, 9.17) is 4.74 Å². The van der Waals surface area contributed by atoms with Crippen molar-refractivity contribution in [1.82, 2.24) is 4.90 Å². The van der Waals surface area contributed by atoms with Crippen LogP contribution in [0.4, 0.5) is 4.79 Å². The van der Waals surface area contributed by atoms with E-state index in [0.29, 0.717) is 25.6 Å². The zero-order valence-corrected chi connectivity index (χ0v) is 15.4. The lowest BCUT2D eigenvalue weighted by Crippen LogP contribution is -2.48. The van der Waals surface area contributed by atoms with Crippen molar-refractivity contribution in [3.8, 4) is 16.9 Å². The van der Waals surface area contributed by atoms with Crippen molar-refractivity contribution in [2.45, 2.75) is 11.8 Å². The number of fused-ring (bicyclic) bond motifs is 3. The van der Waals surface area contributed by atoms with Gasteiger partial charge in [-0.25, -0.2) is 4.79 Å². The summed E-state index contributed by atoms with van der Waals surface area (Å²) in [6.45, 7) is 1.66. The van der Waals surface area contributed by atoms with Crippen molar-refractivity contribution in [3.05, 3.63) is 89.5 Å². The van der Waals surface area contributed by atoms with Crippen molar-refractivity contribution in [1.29, 1.82) is 0 Å². The van der Waals surface area contributed by atoms with Crippen LogP contribution in [-0.2, 0) is 4.74 Å². The first-order chi connectivity index (χ1) is 13.7. The molecule has 5 rings (SSSR count). The molecule has 0 radical (unpaired) electrons. The highest BCUT2D eigenvalue weighted by molar-refractivity contribution is 5.79. The lowest BCUT2D eigenvalue weighted by Gasteiger charge is -2.38. The van der Waals surface area contributed by atoms with Crippen molar-refractivity contribution in [2.75, 3.05) is 19.7 Å². The van der Waals surface area contributed by atoms with Gasteiger partial charge in [0.25, 0.3) is 0 Å². The van der Waals surface area contributed by atoms with Crippen LogP contribution in [0.1, 0.15) is 28.5 Å². The van der Waals surface area contributed by atoms with Gasteiger partial charge in [0.15, 0.2) is 0 Å². The average molecular weight is 371 g/mol. The summed E-state index contributed by atoms with van der Waals surface area (Å²) < 4.78 is 5.69. The van der Waals surface area contributed by atoms with E-state index in [-0.39, 0.29) is 17.8 Å². The fraction of sp³-hybridized carbons (Fsp3) is 0.208. The number of carbonyl (C=O) groups is 1. The molecule has 1 N–H and O–H groups in total. The Kier molecular flexibility index (Phi) is 4.05. The third-order valence-corrected chi connectivity index (χ3v) is 5.84. The molecule has 1 fully saturated rings. The van der Waals surface area contributed by atoms with Crippen LogP contribution in [0.15, 0.2) is 72.8 Å². The van der Waals surface area contributed by atoms with Crippen LogP contribution in [-0.4, -0.2) is 35.8 Å². The SMILES string of the molecule is O=C(OCC1c2ccccc2-c2ccccc21)N1CC(c2ccc(O)cc2)C1. The molecule has 4 nitrogen and oxygen atoms in total. The number of rotatable bonds is 3. The van der Waals surface area contributed by atoms with E-state index in [1.165, 1.54) is 22.3 Å². The molecule has 0 aromatic heterocycles. The fourth-order valence-corrected chi connectivity index (χ4v) is 4.27. The van der Waals surface area contributed by atoms with Gasteiger partial charge in [0.2, 0.25) is 0 Å². The number of carbonyl (C=O) groups excluding carboxylic acids is 1. The van der Waals surface area contributed by atoms with Gasteiger partial charge >= 0.3 is 6.09 Å². The largest absolute Gasteiger partial charge is 0.508 e. The van der Waals surface area contributed by atoms with E-state index in [0.717, 1.165) is 5.56 Å². The van der Waals surface area contributed by atoms with Gasteiger partial charge in [0.05, 0.1) is 0 Å². The molecule has 3 aromatic carbocycles. The maximum absolute atomic E-state index is 12.5. The monoisotopic (exact) mass is 371 g/mol. The first-order valence-electron chi connectivity index (χ1n) is 9.59. The third-order valence-electron chi connectivity index (χ3n) is 5.84. The average Bonchev–Trinajstić information content (AvgIpc) is 3.01. The number of ether oxygens (including phenoxy) is 1. The predicted molar refractivity (Wildman–Crippen MR) is 107 cm³/mol. The second-order valence-electron chi connectivity index (χ2n) is 7.50. The lowest BCUT2D eigenvalue weighted by atomic mass is 9.92. The van der Waals surface area contributed by atoms with Crippen molar-refractivity contribution in [2.24, 2.45) is 0 Å². The van der Waals surface area contributed by atoms with E-state index in [1.54, 1.807) is 17.0 Å². The number of hydrogen-bond acceptors (Lipinski definition) is 3. The van der Waals surface area contributed by atoms with Crippen molar-refractivity contribution in [3.63, 3.8) is 0 Å². The molecule has 28 heavy (non-hydrogen) atoms. The quantitative estimate of drug-likeness (QED) is 0.723. The minimum Gasteiger partial charge on any atom is -0.508 e. The molecule has 4 heteroatoms.